The van der Waals surface area contributed by atoms with E-state index in [2.05, 4.69) is 23.3 Å². The van der Waals surface area contributed by atoms with Crippen LogP contribution in [-0.4, -0.2) is 67.9 Å². The van der Waals surface area contributed by atoms with Crippen LogP contribution in [0.5, 0.6) is 0 Å². The summed E-state index contributed by atoms with van der Waals surface area (Å²) >= 11 is 4.45. The van der Waals surface area contributed by atoms with Crippen LogP contribution in [0.25, 0.3) is 10.8 Å². The summed E-state index contributed by atoms with van der Waals surface area (Å²) in [6.45, 7) is 1.58. The Hall–Kier alpha value is -3.25. The van der Waals surface area contributed by atoms with Gasteiger partial charge in [0.15, 0.2) is 5.78 Å². The van der Waals surface area contributed by atoms with Gasteiger partial charge in [0, 0.05) is 11.8 Å². The average molecular weight is 556 g/mol. The number of anilines is 1. The zero-order valence-corrected chi connectivity index (χ0v) is 22.5. The second-order valence-corrected chi connectivity index (χ2v) is 11.5. The summed E-state index contributed by atoms with van der Waals surface area (Å²) in [5.74, 6) is -1.37. The van der Waals surface area contributed by atoms with Gasteiger partial charge in [0.25, 0.3) is 0 Å². The van der Waals surface area contributed by atoms with Crippen LogP contribution < -0.4 is 10.6 Å². The predicted octanol–water partition coefficient (Wildman–Crippen LogP) is 2.88. The Kier molecular flexibility index (Phi) is 8.83. The van der Waals surface area contributed by atoms with Gasteiger partial charge in [-0.15, -0.1) is 0 Å². The van der Waals surface area contributed by atoms with Gasteiger partial charge in [0.2, 0.25) is 15.9 Å². The van der Waals surface area contributed by atoms with Crippen LogP contribution in [-0.2, 0) is 24.3 Å². The largest absolute Gasteiger partial charge is 0.462 e. The molecule has 1 fully saturated rings. The van der Waals surface area contributed by atoms with Crippen LogP contribution in [0, 0.1) is 0 Å². The number of sulfonamides is 1. The molecule has 2 atom stereocenters. The summed E-state index contributed by atoms with van der Waals surface area (Å²) in [6.07, 6.45) is 0.273. The van der Waals surface area contributed by atoms with Gasteiger partial charge in [-0.05, 0) is 48.4 Å². The van der Waals surface area contributed by atoms with Gasteiger partial charge in [0.05, 0.1) is 41.9 Å². The molecule has 3 aromatic carbocycles. The number of nitrogens with one attached hydrogen (secondary N) is 2. The normalized spacial score (nSPS) is 17.8. The number of thiol groups is 1. The van der Waals surface area contributed by atoms with Crippen molar-refractivity contribution in [1.82, 2.24) is 9.62 Å². The molecule has 9 nitrogen and oxygen atoms in total. The molecular formula is C27H29N3O6S2. The highest BCUT2D eigenvalue weighted by Crippen LogP contribution is 2.30. The molecule has 0 unspecified atom stereocenters. The van der Waals surface area contributed by atoms with Crippen molar-refractivity contribution >= 4 is 56.8 Å². The summed E-state index contributed by atoms with van der Waals surface area (Å²) < 4.78 is 33.2. The van der Waals surface area contributed by atoms with Crippen molar-refractivity contribution in [2.24, 2.45) is 0 Å². The second kappa shape index (κ2) is 12.1. The maximum absolute atomic E-state index is 13.5. The van der Waals surface area contributed by atoms with Crippen LogP contribution in [0.1, 0.15) is 23.7 Å². The lowest BCUT2D eigenvalue weighted by Crippen LogP contribution is -2.44. The molecular weight excluding hydrogens is 526 g/mol. The maximum atomic E-state index is 13.5. The fourth-order valence-corrected chi connectivity index (χ4v) is 6.58. The van der Waals surface area contributed by atoms with Crippen molar-refractivity contribution in [3.8, 4) is 0 Å². The number of Topliss-reactive ketones (excluding diaryl/α,β-unsaturated/α-hetero) is 1. The molecule has 1 heterocycles. The van der Waals surface area contributed by atoms with Gasteiger partial charge in [-0.25, -0.2) is 13.2 Å². The van der Waals surface area contributed by atoms with E-state index in [1.807, 2.05) is 24.3 Å². The van der Waals surface area contributed by atoms with Gasteiger partial charge in [-0.3, -0.25) is 9.59 Å². The first kappa shape index (κ1) is 27.8. The van der Waals surface area contributed by atoms with E-state index in [1.165, 1.54) is 4.31 Å². The van der Waals surface area contributed by atoms with Gasteiger partial charge < -0.3 is 15.4 Å². The first-order valence-corrected chi connectivity index (χ1v) is 14.1. The number of hydrogen-bond acceptors (Lipinski definition) is 8. The van der Waals surface area contributed by atoms with E-state index in [-0.39, 0.29) is 54.2 Å². The van der Waals surface area contributed by atoms with Crippen LogP contribution >= 0.6 is 12.6 Å². The molecule has 1 amide bonds. The molecule has 3 aromatic rings. The number of amides is 1. The fourth-order valence-electron chi connectivity index (χ4n) is 4.40. The molecule has 4 rings (SSSR count). The van der Waals surface area contributed by atoms with Gasteiger partial charge in [-0.2, -0.15) is 16.9 Å². The molecule has 2 N–H and O–H groups in total. The molecule has 1 aliphatic rings. The van der Waals surface area contributed by atoms with Crippen LogP contribution in [0.4, 0.5) is 5.69 Å². The summed E-state index contributed by atoms with van der Waals surface area (Å²) in [7, 11) is -3.94. The fraction of sp³-hybridized carbons (Fsp3) is 0.296. The highest BCUT2D eigenvalue weighted by molar-refractivity contribution is 7.89. The minimum atomic E-state index is -3.94. The van der Waals surface area contributed by atoms with Crippen molar-refractivity contribution in [2.75, 3.05) is 31.6 Å². The summed E-state index contributed by atoms with van der Waals surface area (Å²) in [5, 5.41) is 6.83. The van der Waals surface area contributed by atoms with E-state index in [9.17, 15) is 22.8 Å². The third kappa shape index (κ3) is 6.24. The Labute approximate surface area is 227 Å². The molecule has 0 radical (unpaired) electrons. The Morgan fingerprint density at radius 1 is 1.00 bits per heavy atom. The van der Waals surface area contributed by atoms with E-state index in [4.69, 9.17) is 4.74 Å². The molecule has 0 aromatic heterocycles. The third-order valence-electron chi connectivity index (χ3n) is 6.21. The summed E-state index contributed by atoms with van der Waals surface area (Å²) in [4.78, 5) is 37.7. The first-order valence-electron chi connectivity index (χ1n) is 12.2. The lowest BCUT2D eigenvalue weighted by molar-refractivity contribution is -0.121. The molecule has 1 saturated heterocycles. The molecule has 200 valence electrons. The average Bonchev–Trinajstić information content (AvgIpc) is 3.31. The van der Waals surface area contributed by atoms with Crippen molar-refractivity contribution in [3.63, 3.8) is 0 Å². The number of ketones is 1. The predicted molar refractivity (Wildman–Crippen MR) is 148 cm³/mol. The van der Waals surface area contributed by atoms with E-state index in [1.54, 1.807) is 49.4 Å². The number of hydrogen-bond donors (Lipinski definition) is 3. The smallest absolute Gasteiger partial charge is 0.340 e. The number of carbonyl (C=O) groups excluding carboxylic acids is 3. The van der Waals surface area contributed by atoms with E-state index >= 15 is 0 Å². The molecule has 11 heteroatoms. The quantitative estimate of drug-likeness (QED) is 0.260. The van der Waals surface area contributed by atoms with E-state index in [0.29, 0.717) is 5.69 Å². The Balaban J connectivity index is 1.39. The molecule has 0 spiro atoms. The van der Waals surface area contributed by atoms with Crippen LogP contribution in [0.2, 0.25) is 0 Å². The van der Waals surface area contributed by atoms with E-state index < -0.39 is 27.9 Å². The van der Waals surface area contributed by atoms with E-state index in [0.717, 1.165) is 10.8 Å². The monoisotopic (exact) mass is 555 g/mol. The van der Waals surface area contributed by atoms with Crippen molar-refractivity contribution in [1.29, 1.82) is 0 Å². The number of esters is 1. The molecule has 0 saturated carbocycles. The number of carbonyl (C=O) groups is 3. The third-order valence-corrected chi connectivity index (χ3v) is 8.46. The lowest BCUT2D eigenvalue weighted by atomic mass is 10.1. The van der Waals surface area contributed by atoms with Gasteiger partial charge in [-0.1, -0.05) is 42.5 Å². The summed E-state index contributed by atoms with van der Waals surface area (Å²) in [6, 6.07) is 17.9. The number of nitrogens with zero attached hydrogens (tertiary/aromatic N) is 1. The minimum Gasteiger partial charge on any atom is -0.462 e. The summed E-state index contributed by atoms with van der Waals surface area (Å²) in [5.41, 5.74) is 0.518. The molecule has 0 aliphatic carbocycles. The molecule has 0 bridgehead atoms. The maximum Gasteiger partial charge on any atom is 0.340 e. The highest BCUT2D eigenvalue weighted by atomic mass is 32.2. The van der Waals surface area contributed by atoms with Crippen molar-refractivity contribution in [2.45, 2.75) is 29.5 Å². The zero-order chi connectivity index (χ0) is 27.3. The second-order valence-electron chi connectivity index (χ2n) is 8.87. The van der Waals surface area contributed by atoms with Crippen LogP contribution in [0.15, 0.2) is 71.6 Å². The zero-order valence-electron chi connectivity index (χ0n) is 20.8. The number of benzene rings is 3. The Bertz CT molecular complexity index is 1460. The van der Waals surface area contributed by atoms with Crippen LogP contribution in [0.3, 0.4) is 0 Å². The minimum absolute atomic E-state index is 0.111. The number of para-hydroxylation sites is 1. The Morgan fingerprint density at radius 3 is 2.47 bits per heavy atom. The molecule has 38 heavy (non-hydrogen) atoms. The SMILES string of the molecule is CCOC(=O)c1ccccc1NC(=O)CNCC(=O)[C@@H]1C[C@@H](S)CN1S(=O)(=O)c1ccc2ccccc2c1. The first-order chi connectivity index (χ1) is 18.2. The van der Waals surface area contributed by atoms with Crippen molar-refractivity contribution < 1.29 is 27.5 Å². The topological polar surface area (TPSA) is 122 Å². The Morgan fingerprint density at radius 2 is 1.71 bits per heavy atom. The number of rotatable bonds is 10. The lowest BCUT2D eigenvalue weighted by Gasteiger charge is -2.23. The van der Waals surface area contributed by atoms with Gasteiger partial charge in [0.1, 0.15) is 0 Å². The highest BCUT2D eigenvalue weighted by Gasteiger charge is 2.42. The van der Waals surface area contributed by atoms with Crippen molar-refractivity contribution in [3.05, 3.63) is 72.3 Å². The van der Waals surface area contributed by atoms with Gasteiger partial charge >= 0.3 is 5.97 Å². The number of fused-ring (bicyclic) bond motifs is 1. The standard InChI is InChI=1S/C27H29N3O6S2/c1-2-36-27(33)22-9-5-6-10-23(22)29-26(32)16-28-15-25(31)24-14-20(37)17-30(24)38(34,35)21-12-11-18-7-3-4-8-19(18)13-21/h3-13,20,24,28,37H,2,14-17H2,1H3,(H,29,32)/t20-,24+/m1/s1. The molecule has 1 aliphatic heterocycles. The number of ether oxygens (including phenoxy) is 1.